The molecule has 0 bridgehead atoms. The maximum Gasteiger partial charge on any atom is 0.202 e. The van der Waals surface area contributed by atoms with Gasteiger partial charge in [0.1, 0.15) is 0 Å². The van der Waals surface area contributed by atoms with Crippen LogP contribution in [0.3, 0.4) is 0 Å². The maximum atomic E-state index is 6.36. The van der Waals surface area contributed by atoms with Crippen molar-refractivity contribution < 1.29 is 0 Å². The smallest absolute Gasteiger partial charge is 0.202 e. The summed E-state index contributed by atoms with van der Waals surface area (Å²) in [6.07, 6.45) is 2.33. The van der Waals surface area contributed by atoms with E-state index in [0.717, 1.165) is 37.0 Å². The largest absolute Gasteiger partial charge is 0.329 e. The molecule has 124 valence electrons. The highest BCUT2D eigenvalue weighted by atomic mass is 35.5. The molecule has 0 aliphatic carbocycles. The summed E-state index contributed by atoms with van der Waals surface area (Å²) in [6.45, 7) is 5.06. The predicted molar refractivity (Wildman–Crippen MR) is 101 cm³/mol. The van der Waals surface area contributed by atoms with Crippen LogP contribution in [-0.4, -0.2) is 30.5 Å². The fourth-order valence-corrected chi connectivity index (χ4v) is 3.91. The third kappa shape index (κ3) is 2.57. The van der Waals surface area contributed by atoms with E-state index < -0.39 is 0 Å². The average Bonchev–Trinajstić information content (AvgIpc) is 3.08. The quantitative estimate of drug-likeness (QED) is 0.802. The monoisotopic (exact) mass is 339 g/mol. The Balaban J connectivity index is 1.86. The van der Waals surface area contributed by atoms with Crippen LogP contribution in [0.2, 0.25) is 5.02 Å². The summed E-state index contributed by atoms with van der Waals surface area (Å²) in [5.74, 6) is 1.12. The van der Waals surface area contributed by atoms with Gasteiger partial charge in [-0.25, -0.2) is 0 Å². The molecule has 0 fully saturated rings. The van der Waals surface area contributed by atoms with E-state index in [0.29, 0.717) is 0 Å². The van der Waals surface area contributed by atoms with Crippen molar-refractivity contribution in [3.8, 4) is 0 Å². The van der Waals surface area contributed by atoms with Gasteiger partial charge in [-0.05, 0) is 30.2 Å². The van der Waals surface area contributed by atoms with Crippen molar-refractivity contribution in [2.75, 3.05) is 24.5 Å². The Morgan fingerprint density at radius 2 is 2.00 bits per heavy atom. The lowest BCUT2D eigenvalue weighted by molar-refractivity contribution is 0.373. The molecular formula is C20H22ClN3. The number of aliphatic imine (C=N–C) groups is 1. The van der Waals surface area contributed by atoms with Gasteiger partial charge in [-0.1, -0.05) is 55.3 Å². The summed E-state index contributed by atoms with van der Waals surface area (Å²) >= 11 is 6.36. The molecule has 24 heavy (non-hydrogen) atoms. The summed E-state index contributed by atoms with van der Waals surface area (Å²) in [5.41, 5.74) is 3.83. The highest BCUT2D eigenvalue weighted by Gasteiger charge is 2.38. The van der Waals surface area contributed by atoms with Crippen LogP contribution in [0.5, 0.6) is 0 Å². The Kier molecular flexibility index (Phi) is 4.19. The first-order valence-electron chi connectivity index (χ1n) is 8.72. The molecule has 2 aromatic rings. The summed E-state index contributed by atoms with van der Waals surface area (Å²) in [4.78, 5) is 9.64. The molecule has 4 rings (SSSR count). The van der Waals surface area contributed by atoms with Crippen LogP contribution < -0.4 is 4.90 Å². The first kappa shape index (κ1) is 15.5. The molecule has 0 radical (unpaired) electrons. The number of unbranched alkanes of at least 4 members (excludes halogenated alkanes) is 1. The minimum Gasteiger partial charge on any atom is -0.329 e. The third-order valence-electron chi connectivity index (χ3n) is 4.83. The molecule has 2 heterocycles. The van der Waals surface area contributed by atoms with Gasteiger partial charge in [-0.2, -0.15) is 0 Å². The predicted octanol–water partition coefficient (Wildman–Crippen LogP) is 4.72. The van der Waals surface area contributed by atoms with Crippen molar-refractivity contribution in [1.82, 2.24) is 4.90 Å². The van der Waals surface area contributed by atoms with Crippen molar-refractivity contribution in [2.45, 2.75) is 25.8 Å². The van der Waals surface area contributed by atoms with Gasteiger partial charge in [-0.15, -0.1) is 0 Å². The van der Waals surface area contributed by atoms with E-state index in [1.54, 1.807) is 0 Å². The fourth-order valence-electron chi connectivity index (χ4n) is 3.73. The highest BCUT2D eigenvalue weighted by Crippen LogP contribution is 2.42. The molecule has 3 nitrogen and oxygen atoms in total. The van der Waals surface area contributed by atoms with Crippen LogP contribution in [0.15, 0.2) is 53.5 Å². The number of anilines is 1. The normalized spacial score (nSPS) is 19.1. The van der Waals surface area contributed by atoms with Gasteiger partial charge in [0, 0.05) is 29.4 Å². The molecule has 0 spiro atoms. The second kappa shape index (κ2) is 6.48. The molecule has 0 saturated heterocycles. The van der Waals surface area contributed by atoms with E-state index in [-0.39, 0.29) is 6.04 Å². The van der Waals surface area contributed by atoms with Crippen LogP contribution in [0.25, 0.3) is 0 Å². The van der Waals surface area contributed by atoms with Gasteiger partial charge in [0.05, 0.1) is 12.6 Å². The van der Waals surface area contributed by atoms with Crippen molar-refractivity contribution in [1.29, 1.82) is 0 Å². The lowest BCUT2D eigenvalue weighted by Gasteiger charge is -2.43. The van der Waals surface area contributed by atoms with Gasteiger partial charge >= 0.3 is 0 Å². The van der Waals surface area contributed by atoms with Crippen LogP contribution in [-0.2, 0) is 0 Å². The fraction of sp³-hybridized carbons (Fsp3) is 0.350. The number of rotatable bonds is 4. The molecule has 2 aliphatic heterocycles. The minimum absolute atomic E-state index is 0.194. The van der Waals surface area contributed by atoms with E-state index in [9.17, 15) is 0 Å². The first-order chi connectivity index (χ1) is 11.8. The number of fused-ring (bicyclic) bond motifs is 2. The zero-order valence-electron chi connectivity index (χ0n) is 14.0. The summed E-state index contributed by atoms with van der Waals surface area (Å²) in [5, 5.41) is 0.796. The van der Waals surface area contributed by atoms with E-state index in [1.807, 2.05) is 6.07 Å². The molecule has 4 heteroatoms. The number of halogens is 1. The van der Waals surface area contributed by atoms with Crippen LogP contribution >= 0.6 is 11.6 Å². The SMILES string of the molecule is CCCCN1C2=NCCN2C(c2ccccc2)c2cc(Cl)ccc21. The molecule has 0 N–H and O–H groups in total. The Morgan fingerprint density at radius 1 is 1.17 bits per heavy atom. The Labute approximate surface area is 148 Å². The molecule has 2 aromatic carbocycles. The second-order valence-electron chi connectivity index (χ2n) is 6.40. The number of benzene rings is 2. The molecular weight excluding hydrogens is 318 g/mol. The Bertz CT molecular complexity index is 757. The first-order valence-corrected chi connectivity index (χ1v) is 9.10. The van der Waals surface area contributed by atoms with Crippen molar-refractivity contribution in [3.63, 3.8) is 0 Å². The molecule has 1 unspecified atom stereocenters. The average molecular weight is 340 g/mol. The minimum atomic E-state index is 0.194. The van der Waals surface area contributed by atoms with Gasteiger partial charge in [0.15, 0.2) is 0 Å². The van der Waals surface area contributed by atoms with Crippen molar-refractivity contribution >= 4 is 23.2 Å². The maximum absolute atomic E-state index is 6.36. The van der Waals surface area contributed by atoms with Crippen LogP contribution in [0.4, 0.5) is 5.69 Å². The van der Waals surface area contributed by atoms with E-state index in [2.05, 4.69) is 59.2 Å². The standard InChI is InChI=1S/C20H22ClN3/c1-2-3-12-23-18-10-9-16(21)14-17(18)19(15-7-5-4-6-8-15)24-13-11-22-20(23)24/h4-10,14,19H,2-3,11-13H2,1H3. The third-order valence-corrected chi connectivity index (χ3v) is 5.06. The summed E-state index contributed by atoms with van der Waals surface area (Å²) < 4.78 is 0. The lowest BCUT2D eigenvalue weighted by Crippen LogP contribution is -2.49. The van der Waals surface area contributed by atoms with Gasteiger partial charge in [0.25, 0.3) is 0 Å². The Morgan fingerprint density at radius 3 is 2.79 bits per heavy atom. The molecule has 1 atom stereocenters. The lowest BCUT2D eigenvalue weighted by atomic mass is 9.93. The zero-order valence-corrected chi connectivity index (χ0v) is 14.7. The van der Waals surface area contributed by atoms with Gasteiger partial charge in [0.2, 0.25) is 5.96 Å². The molecule has 0 saturated carbocycles. The molecule has 0 aromatic heterocycles. The summed E-state index contributed by atoms with van der Waals surface area (Å²) in [7, 11) is 0. The topological polar surface area (TPSA) is 18.8 Å². The van der Waals surface area contributed by atoms with Crippen LogP contribution in [0, 0.1) is 0 Å². The van der Waals surface area contributed by atoms with Crippen molar-refractivity contribution in [2.24, 2.45) is 4.99 Å². The molecule has 2 aliphatic rings. The number of hydrogen-bond donors (Lipinski definition) is 0. The van der Waals surface area contributed by atoms with Crippen LogP contribution in [0.1, 0.15) is 36.9 Å². The highest BCUT2D eigenvalue weighted by molar-refractivity contribution is 6.30. The van der Waals surface area contributed by atoms with E-state index in [4.69, 9.17) is 16.6 Å². The van der Waals surface area contributed by atoms with E-state index >= 15 is 0 Å². The Hall–Kier alpha value is -2.00. The summed E-state index contributed by atoms with van der Waals surface area (Å²) in [6, 6.07) is 17.2. The molecule has 0 amide bonds. The number of guanidine groups is 1. The van der Waals surface area contributed by atoms with E-state index in [1.165, 1.54) is 23.2 Å². The van der Waals surface area contributed by atoms with Gasteiger partial charge < -0.3 is 9.80 Å². The number of hydrogen-bond acceptors (Lipinski definition) is 3. The zero-order chi connectivity index (χ0) is 16.5. The van der Waals surface area contributed by atoms with Gasteiger partial charge in [-0.3, -0.25) is 4.99 Å². The van der Waals surface area contributed by atoms with Crippen molar-refractivity contribution in [3.05, 3.63) is 64.7 Å². The second-order valence-corrected chi connectivity index (χ2v) is 6.83. The number of nitrogens with zero attached hydrogens (tertiary/aromatic N) is 3.